The SMILES string of the molecule is CC(=O)C1=C(C)CC2(C)CC3(C)Cc4c(-c5ccc(C(C)=O)cc5)ccc(C)c4C(=O)C3=C(C)C2(C)C1=O. The van der Waals surface area contributed by atoms with Crippen LogP contribution in [0.5, 0.6) is 0 Å². The van der Waals surface area contributed by atoms with Gasteiger partial charge in [-0.3, -0.25) is 19.2 Å². The summed E-state index contributed by atoms with van der Waals surface area (Å²) in [6, 6.07) is 11.7. The summed E-state index contributed by atoms with van der Waals surface area (Å²) >= 11 is 0. The quantitative estimate of drug-likeness (QED) is 0.324. The Morgan fingerprint density at radius 2 is 1.45 bits per heavy atom. The van der Waals surface area contributed by atoms with E-state index in [2.05, 4.69) is 19.9 Å². The van der Waals surface area contributed by atoms with E-state index in [-0.39, 0.29) is 23.1 Å². The van der Waals surface area contributed by atoms with Crippen molar-refractivity contribution in [2.24, 2.45) is 16.2 Å². The summed E-state index contributed by atoms with van der Waals surface area (Å²) < 4.78 is 0. The molecule has 0 saturated carbocycles. The van der Waals surface area contributed by atoms with Crippen LogP contribution in [0.3, 0.4) is 0 Å². The largest absolute Gasteiger partial charge is 0.295 e. The smallest absolute Gasteiger partial charge is 0.190 e. The first-order valence-corrected chi connectivity index (χ1v) is 13.4. The molecule has 2 aromatic rings. The third kappa shape index (κ3) is 3.35. The topological polar surface area (TPSA) is 68.3 Å². The second-order valence-corrected chi connectivity index (χ2v) is 12.6. The number of Topliss-reactive ketones (excluding diaryl/α,β-unsaturated/α-hetero) is 4. The van der Waals surface area contributed by atoms with Crippen LogP contribution in [0, 0.1) is 23.2 Å². The minimum Gasteiger partial charge on any atom is -0.295 e. The predicted molar refractivity (Wildman–Crippen MR) is 149 cm³/mol. The number of hydrogen-bond acceptors (Lipinski definition) is 4. The molecule has 0 fully saturated rings. The molecular formula is C34H36O4. The van der Waals surface area contributed by atoms with Crippen LogP contribution in [0.1, 0.15) is 93.2 Å². The highest BCUT2D eigenvalue weighted by atomic mass is 16.2. The van der Waals surface area contributed by atoms with Crippen LogP contribution in [0.2, 0.25) is 0 Å². The summed E-state index contributed by atoms with van der Waals surface area (Å²) in [5.74, 6) is -0.317. The summed E-state index contributed by atoms with van der Waals surface area (Å²) in [6.45, 7) is 15.1. The van der Waals surface area contributed by atoms with Gasteiger partial charge in [-0.05, 0) is 88.5 Å². The van der Waals surface area contributed by atoms with E-state index in [1.165, 1.54) is 6.92 Å². The van der Waals surface area contributed by atoms with Gasteiger partial charge in [0.15, 0.2) is 23.1 Å². The average Bonchev–Trinajstić information content (AvgIpc) is 2.81. The first-order valence-electron chi connectivity index (χ1n) is 13.4. The van der Waals surface area contributed by atoms with Crippen LogP contribution in [-0.4, -0.2) is 23.1 Å². The Morgan fingerprint density at radius 3 is 2.03 bits per heavy atom. The molecule has 2 aromatic carbocycles. The number of benzene rings is 2. The Kier molecular flexibility index (Phi) is 5.72. The van der Waals surface area contributed by atoms with Gasteiger partial charge in [0.1, 0.15) is 0 Å². The average molecular weight is 509 g/mol. The Balaban J connectivity index is 1.73. The molecule has 0 aromatic heterocycles. The Labute approximate surface area is 225 Å². The van der Waals surface area contributed by atoms with Gasteiger partial charge in [-0.2, -0.15) is 0 Å². The van der Waals surface area contributed by atoms with Crippen LogP contribution < -0.4 is 0 Å². The molecule has 5 rings (SSSR count). The lowest BCUT2D eigenvalue weighted by atomic mass is 9.42. The third-order valence-corrected chi connectivity index (χ3v) is 9.98. The van der Waals surface area contributed by atoms with E-state index >= 15 is 0 Å². The normalized spacial score (nSPS) is 28.6. The lowest BCUT2D eigenvalue weighted by molar-refractivity contribution is -0.134. The molecule has 3 unspecified atom stereocenters. The van der Waals surface area contributed by atoms with Crippen molar-refractivity contribution in [1.29, 1.82) is 0 Å². The maximum Gasteiger partial charge on any atom is 0.190 e. The number of hydrogen-bond donors (Lipinski definition) is 0. The Morgan fingerprint density at radius 1 is 0.816 bits per heavy atom. The van der Waals surface area contributed by atoms with Crippen molar-refractivity contribution >= 4 is 23.1 Å². The van der Waals surface area contributed by atoms with Crippen LogP contribution >= 0.6 is 0 Å². The highest BCUT2D eigenvalue weighted by Crippen LogP contribution is 2.66. The van der Waals surface area contributed by atoms with Crippen molar-refractivity contribution in [3.63, 3.8) is 0 Å². The van der Waals surface area contributed by atoms with Crippen LogP contribution in [0.25, 0.3) is 11.1 Å². The van der Waals surface area contributed by atoms with Gasteiger partial charge in [-0.25, -0.2) is 0 Å². The zero-order chi connectivity index (χ0) is 27.9. The summed E-state index contributed by atoms with van der Waals surface area (Å²) in [5, 5.41) is 0. The number of rotatable bonds is 3. The number of ketones is 4. The lowest BCUT2D eigenvalue weighted by Gasteiger charge is -2.59. The predicted octanol–water partition coefficient (Wildman–Crippen LogP) is 7.22. The molecule has 0 heterocycles. The second kappa shape index (κ2) is 8.30. The fourth-order valence-corrected chi connectivity index (χ4v) is 8.07. The van der Waals surface area contributed by atoms with Crippen LogP contribution in [0.4, 0.5) is 0 Å². The number of allylic oxidation sites excluding steroid dienone is 4. The summed E-state index contributed by atoms with van der Waals surface area (Å²) in [4.78, 5) is 52.8. The highest BCUT2D eigenvalue weighted by Gasteiger charge is 2.63. The number of carbonyl (C=O) groups is 4. The molecule has 3 aliphatic rings. The Hall–Kier alpha value is -3.40. The summed E-state index contributed by atoms with van der Waals surface area (Å²) in [6.07, 6.45) is 2.02. The van der Waals surface area contributed by atoms with Crippen LogP contribution in [0.15, 0.2) is 58.7 Å². The van der Waals surface area contributed by atoms with Crippen molar-refractivity contribution in [3.05, 3.63) is 80.9 Å². The molecule has 0 aliphatic heterocycles. The van der Waals surface area contributed by atoms with E-state index in [4.69, 9.17) is 0 Å². The number of carbonyl (C=O) groups excluding carboxylic acids is 4. The van der Waals surface area contributed by atoms with Crippen molar-refractivity contribution in [1.82, 2.24) is 0 Å². The molecule has 3 aliphatic carbocycles. The van der Waals surface area contributed by atoms with E-state index < -0.39 is 16.2 Å². The van der Waals surface area contributed by atoms with Gasteiger partial charge < -0.3 is 0 Å². The first-order chi connectivity index (χ1) is 17.7. The van der Waals surface area contributed by atoms with E-state index in [1.807, 2.05) is 58.0 Å². The standard InChI is InChI=1S/C34H36O4/c1-18-9-14-25(24-12-10-23(11-13-24)21(4)35)26-16-32(6)17-33(7)15-19(2)27(22(5)36)31(38)34(33,8)20(3)29(32)30(37)28(18)26/h9-14H,15-17H2,1-8H3. The van der Waals surface area contributed by atoms with Crippen molar-refractivity contribution < 1.29 is 19.2 Å². The summed E-state index contributed by atoms with van der Waals surface area (Å²) in [7, 11) is 0. The molecule has 0 spiro atoms. The first kappa shape index (κ1) is 26.2. The zero-order valence-corrected chi connectivity index (χ0v) is 23.7. The van der Waals surface area contributed by atoms with Crippen molar-refractivity contribution in [2.45, 2.75) is 74.7 Å². The molecule has 4 nitrogen and oxygen atoms in total. The van der Waals surface area contributed by atoms with E-state index in [1.54, 1.807) is 6.92 Å². The van der Waals surface area contributed by atoms with Gasteiger partial charge in [0.25, 0.3) is 0 Å². The van der Waals surface area contributed by atoms with E-state index in [0.29, 0.717) is 30.4 Å². The van der Waals surface area contributed by atoms with Gasteiger partial charge in [-0.1, -0.05) is 61.4 Å². The Bertz CT molecular complexity index is 1530. The minimum absolute atomic E-state index is 0.00215. The molecule has 0 saturated heterocycles. The molecule has 196 valence electrons. The second-order valence-electron chi connectivity index (χ2n) is 12.6. The summed E-state index contributed by atoms with van der Waals surface area (Å²) in [5.41, 5.74) is 6.29. The van der Waals surface area contributed by atoms with Gasteiger partial charge >= 0.3 is 0 Å². The monoisotopic (exact) mass is 508 g/mol. The van der Waals surface area contributed by atoms with Gasteiger partial charge in [0.05, 0.1) is 11.0 Å². The highest BCUT2D eigenvalue weighted by molar-refractivity contribution is 6.24. The van der Waals surface area contributed by atoms with Gasteiger partial charge in [0.2, 0.25) is 0 Å². The van der Waals surface area contributed by atoms with Crippen LogP contribution in [-0.2, 0) is 16.0 Å². The van der Waals surface area contributed by atoms with Gasteiger partial charge in [-0.15, -0.1) is 0 Å². The molecule has 4 heteroatoms. The van der Waals surface area contributed by atoms with Crippen molar-refractivity contribution in [3.8, 4) is 11.1 Å². The molecule has 3 atom stereocenters. The molecule has 0 N–H and O–H groups in total. The molecule has 0 radical (unpaired) electrons. The number of fused-ring (bicyclic) bond motifs is 3. The molecule has 0 bridgehead atoms. The lowest BCUT2D eigenvalue weighted by Crippen LogP contribution is -2.57. The molecular weight excluding hydrogens is 472 g/mol. The maximum atomic E-state index is 14.4. The fourth-order valence-electron chi connectivity index (χ4n) is 8.07. The van der Waals surface area contributed by atoms with E-state index in [9.17, 15) is 19.2 Å². The zero-order valence-electron chi connectivity index (χ0n) is 23.7. The number of aryl methyl sites for hydroxylation is 1. The minimum atomic E-state index is -0.913. The van der Waals surface area contributed by atoms with Gasteiger partial charge in [0, 0.05) is 22.1 Å². The molecule has 0 amide bonds. The van der Waals surface area contributed by atoms with E-state index in [0.717, 1.165) is 44.5 Å². The fraction of sp³-hybridized carbons (Fsp3) is 0.412. The molecule has 38 heavy (non-hydrogen) atoms. The maximum absolute atomic E-state index is 14.4. The third-order valence-electron chi connectivity index (χ3n) is 9.98. The van der Waals surface area contributed by atoms with Crippen molar-refractivity contribution in [2.75, 3.05) is 0 Å².